The van der Waals surface area contributed by atoms with Crippen LogP contribution in [0.4, 0.5) is 0 Å². The molecule has 0 heterocycles. The van der Waals surface area contributed by atoms with Crippen LogP contribution in [0, 0.1) is 0 Å². The van der Waals surface area contributed by atoms with Gasteiger partial charge in [-0.2, -0.15) is 0 Å². The standard InChI is InChI=1S/C11H11Br2ClO2/c1-2-16-11(15)10(13)9(12)7-4-3-5-8(14)6-7/h3-6,9-10H,2H2,1H3/t9-,10-/m0/s1. The van der Waals surface area contributed by atoms with Gasteiger partial charge >= 0.3 is 5.97 Å². The molecule has 0 saturated heterocycles. The van der Waals surface area contributed by atoms with Crippen molar-refractivity contribution in [3.05, 3.63) is 34.9 Å². The van der Waals surface area contributed by atoms with Gasteiger partial charge in [0, 0.05) is 5.02 Å². The van der Waals surface area contributed by atoms with Crippen molar-refractivity contribution in [2.45, 2.75) is 16.6 Å². The van der Waals surface area contributed by atoms with Gasteiger partial charge in [-0.15, -0.1) is 0 Å². The molecule has 1 aromatic carbocycles. The number of benzene rings is 1. The Bertz CT molecular complexity index is 371. The van der Waals surface area contributed by atoms with Crippen LogP contribution in [0.1, 0.15) is 17.3 Å². The Morgan fingerprint density at radius 2 is 2.19 bits per heavy atom. The molecule has 0 unspecified atom stereocenters. The van der Waals surface area contributed by atoms with Crippen molar-refractivity contribution < 1.29 is 9.53 Å². The van der Waals surface area contributed by atoms with Crippen LogP contribution in [0.3, 0.4) is 0 Å². The summed E-state index contributed by atoms with van der Waals surface area (Å²) in [6.45, 7) is 2.15. The molecule has 88 valence electrons. The van der Waals surface area contributed by atoms with E-state index in [1.165, 1.54) is 0 Å². The molecule has 1 rings (SSSR count). The molecular formula is C11H11Br2ClO2. The van der Waals surface area contributed by atoms with E-state index in [1.54, 1.807) is 13.0 Å². The molecule has 5 heteroatoms. The van der Waals surface area contributed by atoms with Crippen molar-refractivity contribution in [1.29, 1.82) is 0 Å². The summed E-state index contributed by atoms with van der Waals surface area (Å²) in [4.78, 5) is 10.9. The lowest BCUT2D eigenvalue weighted by molar-refractivity contribution is -0.142. The Morgan fingerprint density at radius 1 is 1.50 bits per heavy atom. The highest BCUT2D eigenvalue weighted by Crippen LogP contribution is 2.33. The Labute approximate surface area is 117 Å². The second kappa shape index (κ2) is 6.62. The molecule has 0 saturated carbocycles. The van der Waals surface area contributed by atoms with E-state index in [9.17, 15) is 4.79 Å². The first kappa shape index (κ1) is 14.0. The molecule has 0 N–H and O–H groups in total. The van der Waals surface area contributed by atoms with E-state index < -0.39 is 4.83 Å². The summed E-state index contributed by atoms with van der Waals surface area (Å²) in [5.74, 6) is -0.288. The van der Waals surface area contributed by atoms with Crippen LogP contribution in [0.15, 0.2) is 24.3 Å². The fourth-order valence-electron chi connectivity index (χ4n) is 1.19. The smallest absolute Gasteiger partial charge is 0.321 e. The SMILES string of the molecule is CCOC(=O)[C@@H](Br)[C@@H](Br)c1cccc(Cl)c1. The van der Waals surface area contributed by atoms with Gasteiger partial charge in [0.15, 0.2) is 0 Å². The zero-order valence-electron chi connectivity index (χ0n) is 8.62. The molecule has 0 aliphatic heterocycles. The molecule has 1 aromatic rings. The van der Waals surface area contributed by atoms with E-state index in [4.69, 9.17) is 16.3 Å². The normalized spacial score (nSPS) is 14.2. The van der Waals surface area contributed by atoms with Crippen LogP contribution >= 0.6 is 43.5 Å². The van der Waals surface area contributed by atoms with Gasteiger partial charge in [-0.1, -0.05) is 55.6 Å². The quantitative estimate of drug-likeness (QED) is 0.589. The van der Waals surface area contributed by atoms with Crippen molar-refractivity contribution in [1.82, 2.24) is 0 Å². The molecule has 0 spiro atoms. The van der Waals surface area contributed by atoms with Gasteiger partial charge in [-0.3, -0.25) is 4.79 Å². The maximum Gasteiger partial charge on any atom is 0.321 e. The topological polar surface area (TPSA) is 26.3 Å². The maximum absolute atomic E-state index is 11.5. The minimum Gasteiger partial charge on any atom is -0.465 e. The van der Waals surface area contributed by atoms with E-state index in [1.807, 2.05) is 18.2 Å². The van der Waals surface area contributed by atoms with E-state index in [-0.39, 0.29) is 10.8 Å². The van der Waals surface area contributed by atoms with Crippen molar-refractivity contribution in [3.8, 4) is 0 Å². The average molecular weight is 370 g/mol. The molecule has 0 aliphatic carbocycles. The van der Waals surface area contributed by atoms with Gasteiger partial charge in [0.25, 0.3) is 0 Å². The molecule has 0 radical (unpaired) electrons. The minimum absolute atomic E-state index is 0.162. The number of esters is 1. The lowest BCUT2D eigenvalue weighted by Gasteiger charge is -2.15. The zero-order chi connectivity index (χ0) is 12.1. The van der Waals surface area contributed by atoms with Gasteiger partial charge in [-0.25, -0.2) is 0 Å². The highest BCUT2D eigenvalue weighted by molar-refractivity contribution is 9.12. The van der Waals surface area contributed by atoms with E-state index in [2.05, 4.69) is 31.9 Å². The molecule has 2 atom stereocenters. The van der Waals surface area contributed by atoms with Crippen molar-refractivity contribution in [2.24, 2.45) is 0 Å². The fraction of sp³-hybridized carbons (Fsp3) is 0.364. The third-order valence-corrected chi connectivity index (χ3v) is 4.84. The van der Waals surface area contributed by atoms with Crippen LogP contribution < -0.4 is 0 Å². The summed E-state index contributed by atoms with van der Waals surface area (Å²) in [5.41, 5.74) is 0.933. The van der Waals surface area contributed by atoms with Gasteiger partial charge in [-0.05, 0) is 24.6 Å². The predicted octanol–water partition coefficient (Wildman–Crippen LogP) is 4.10. The third kappa shape index (κ3) is 3.75. The Kier molecular flexibility index (Phi) is 5.79. The summed E-state index contributed by atoms with van der Waals surface area (Å²) in [6, 6.07) is 7.35. The first-order chi connectivity index (χ1) is 7.56. The number of hydrogen-bond acceptors (Lipinski definition) is 2. The lowest BCUT2D eigenvalue weighted by Crippen LogP contribution is -2.21. The maximum atomic E-state index is 11.5. The number of carbonyl (C=O) groups is 1. The van der Waals surface area contributed by atoms with Gasteiger partial charge in [0.05, 0.1) is 11.4 Å². The molecule has 0 amide bonds. The molecular weight excluding hydrogens is 359 g/mol. The van der Waals surface area contributed by atoms with Crippen molar-refractivity contribution >= 4 is 49.4 Å². The van der Waals surface area contributed by atoms with Crippen molar-refractivity contribution in [3.63, 3.8) is 0 Å². The van der Waals surface area contributed by atoms with E-state index in [0.717, 1.165) is 5.56 Å². The van der Waals surface area contributed by atoms with Gasteiger partial charge in [0.2, 0.25) is 0 Å². The molecule has 0 aliphatic rings. The Morgan fingerprint density at radius 3 is 2.75 bits per heavy atom. The van der Waals surface area contributed by atoms with Gasteiger partial charge in [0.1, 0.15) is 4.83 Å². The number of alkyl halides is 2. The summed E-state index contributed by atoms with van der Waals surface area (Å²) < 4.78 is 4.93. The minimum atomic E-state index is -0.425. The first-order valence-electron chi connectivity index (χ1n) is 4.76. The monoisotopic (exact) mass is 368 g/mol. The molecule has 0 bridgehead atoms. The average Bonchev–Trinajstić information content (AvgIpc) is 2.27. The van der Waals surface area contributed by atoms with Crippen LogP contribution in [0.2, 0.25) is 5.02 Å². The second-order valence-corrected chi connectivity index (χ2v) is 5.52. The number of carbonyl (C=O) groups excluding carboxylic acids is 1. The molecule has 2 nitrogen and oxygen atoms in total. The summed E-state index contributed by atoms with van der Waals surface area (Å²) in [6.07, 6.45) is 0. The highest BCUT2D eigenvalue weighted by Gasteiger charge is 2.26. The van der Waals surface area contributed by atoms with Crippen LogP contribution in [-0.2, 0) is 9.53 Å². The number of hydrogen-bond donors (Lipinski definition) is 0. The fourth-order valence-corrected chi connectivity index (χ4v) is 2.33. The number of ether oxygens (including phenoxy) is 1. The Hall–Kier alpha value is -0.0600. The second-order valence-electron chi connectivity index (χ2n) is 3.11. The van der Waals surface area contributed by atoms with Crippen molar-refractivity contribution in [2.75, 3.05) is 6.61 Å². The zero-order valence-corrected chi connectivity index (χ0v) is 12.5. The number of halogens is 3. The highest BCUT2D eigenvalue weighted by atomic mass is 79.9. The molecule has 0 fully saturated rings. The van der Waals surface area contributed by atoms with Crippen LogP contribution in [0.5, 0.6) is 0 Å². The first-order valence-corrected chi connectivity index (χ1v) is 6.97. The van der Waals surface area contributed by atoms with E-state index >= 15 is 0 Å². The molecule has 0 aromatic heterocycles. The Balaban J connectivity index is 2.77. The lowest BCUT2D eigenvalue weighted by atomic mass is 10.1. The van der Waals surface area contributed by atoms with Crippen LogP contribution in [-0.4, -0.2) is 17.4 Å². The van der Waals surface area contributed by atoms with Gasteiger partial charge < -0.3 is 4.74 Å². The van der Waals surface area contributed by atoms with E-state index in [0.29, 0.717) is 11.6 Å². The number of rotatable bonds is 4. The summed E-state index contributed by atoms with van der Waals surface area (Å²) in [5, 5.41) is 0.644. The summed E-state index contributed by atoms with van der Waals surface area (Å²) in [7, 11) is 0. The predicted molar refractivity (Wildman–Crippen MR) is 72.5 cm³/mol. The molecule has 16 heavy (non-hydrogen) atoms. The summed E-state index contributed by atoms with van der Waals surface area (Å²) >= 11 is 12.6. The van der Waals surface area contributed by atoms with Crippen LogP contribution in [0.25, 0.3) is 0 Å². The largest absolute Gasteiger partial charge is 0.465 e. The third-order valence-electron chi connectivity index (χ3n) is 1.94.